The molecule has 3 nitrogen and oxygen atoms in total. The molecule has 3 rings (SSSR count). The molecule has 2 N–H and O–H groups in total. The molecule has 0 saturated carbocycles. The van der Waals surface area contributed by atoms with Crippen LogP contribution in [0.3, 0.4) is 0 Å². The van der Waals surface area contributed by atoms with Gasteiger partial charge < -0.3 is 10.6 Å². The van der Waals surface area contributed by atoms with E-state index in [9.17, 15) is 4.79 Å². The van der Waals surface area contributed by atoms with Crippen molar-refractivity contribution in [3.63, 3.8) is 0 Å². The van der Waals surface area contributed by atoms with Crippen molar-refractivity contribution < 1.29 is 4.79 Å². The van der Waals surface area contributed by atoms with Gasteiger partial charge in [-0.15, -0.1) is 0 Å². The first-order chi connectivity index (χ1) is 11.7. The number of hydrogen-bond acceptors (Lipinski definition) is 2. The highest BCUT2D eigenvalue weighted by molar-refractivity contribution is 6.06. The van der Waals surface area contributed by atoms with Crippen LogP contribution in [-0.4, -0.2) is 13.0 Å². The summed E-state index contributed by atoms with van der Waals surface area (Å²) >= 11 is 0. The Balaban J connectivity index is 1.99. The molecule has 3 aromatic carbocycles. The van der Waals surface area contributed by atoms with E-state index in [4.69, 9.17) is 0 Å². The largest absolute Gasteiger partial charge is 0.386 e. The van der Waals surface area contributed by atoms with Gasteiger partial charge in [0, 0.05) is 12.6 Å². The maximum atomic E-state index is 12.5. The SMILES string of the molecule is CNc1c(C)cc(-c2ccccc2)cc1NC(=O)c1ccccc1. The van der Waals surface area contributed by atoms with Crippen LogP contribution in [0.4, 0.5) is 11.4 Å². The summed E-state index contributed by atoms with van der Waals surface area (Å²) in [4.78, 5) is 12.5. The predicted molar refractivity (Wildman–Crippen MR) is 101 cm³/mol. The molecular weight excluding hydrogens is 296 g/mol. The standard InChI is InChI=1S/C21H20N2O/c1-15-13-18(16-9-5-3-6-10-16)14-19(20(15)22-2)23-21(24)17-11-7-4-8-12-17/h3-14,22H,1-2H3,(H,23,24). The van der Waals surface area contributed by atoms with E-state index in [0.717, 1.165) is 28.1 Å². The molecule has 3 aromatic rings. The fraction of sp³-hybridized carbons (Fsp3) is 0.0952. The van der Waals surface area contributed by atoms with Crippen LogP contribution in [0.25, 0.3) is 11.1 Å². The van der Waals surface area contributed by atoms with Gasteiger partial charge in [0.2, 0.25) is 0 Å². The Hall–Kier alpha value is -3.07. The van der Waals surface area contributed by atoms with E-state index in [1.807, 2.05) is 68.6 Å². The van der Waals surface area contributed by atoms with Gasteiger partial charge in [-0.05, 0) is 47.9 Å². The molecule has 120 valence electrons. The maximum Gasteiger partial charge on any atom is 0.255 e. The van der Waals surface area contributed by atoms with Crippen molar-refractivity contribution in [3.8, 4) is 11.1 Å². The van der Waals surface area contributed by atoms with Crippen LogP contribution in [-0.2, 0) is 0 Å². The van der Waals surface area contributed by atoms with Crippen LogP contribution in [0.2, 0.25) is 0 Å². The zero-order valence-electron chi connectivity index (χ0n) is 13.8. The number of aryl methyl sites for hydroxylation is 1. The molecule has 24 heavy (non-hydrogen) atoms. The topological polar surface area (TPSA) is 41.1 Å². The van der Waals surface area contributed by atoms with Crippen molar-refractivity contribution in [2.24, 2.45) is 0 Å². The van der Waals surface area contributed by atoms with Crippen molar-refractivity contribution in [1.29, 1.82) is 0 Å². The van der Waals surface area contributed by atoms with E-state index < -0.39 is 0 Å². The molecule has 0 bridgehead atoms. The highest BCUT2D eigenvalue weighted by Crippen LogP contribution is 2.32. The minimum Gasteiger partial charge on any atom is -0.386 e. The summed E-state index contributed by atoms with van der Waals surface area (Å²) < 4.78 is 0. The minimum absolute atomic E-state index is 0.114. The lowest BCUT2D eigenvalue weighted by molar-refractivity contribution is 0.102. The van der Waals surface area contributed by atoms with E-state index in [1.54, 1.807) is 0 Å². The Labute approximate surface area is 142 Å². The van der Waals surface area contributed by atoms with Crippen molar-refractivity contribution in [2.75, 3.05) is 17.7 Å². The Morgan fingerprint density at radius 1 is 0.833 bits per heavy atom. The van der Waals surface area contributed by atoms with Gasteiger partial charge in [0.05, 0.1) is 11.4 Å². The summed E-state index contributed by atoms with van der Waals surface area (Å²) in [5.41, 5.74) is 5.64. The molecule has 0 aliphatic heterocycles. The second-order valence-corrected chi connectivity index (χ2v) is 5.65. The van der Waals surface area contributed by atoms with Crippen molar-refractivity contribution in [3.05, 3.63) is 83.9 Å². The third-order valence-electron chi connectivity index (χ3n) is 3.98. The number of anilines is 2. The summed E-state index contributed by atoms with van der Waals surface area (Å²) in [6.45, 7) is 2.04. The second-order valence-electron chi connectivity index (χ2n) is 5.65. The second kappa shape index (κ2) is 7.01. The third-order valence-corrected chi connectivity index (χ3v) is 3.98. The number of hydrogen-bond donors (Lipinski definition) is 2. The quantitative estimate of drug-likeness (QED) is 0.714. The minimum atomic E-state index is -0.114. The van der Waals surface area contributed by atoms with Gasteiger partial charge in [0.15, 0.2) is 0 Å². The van der Waals surface area contributed by atoms with Gasteiger partial charge in [-0.2, -0.15) is 0 Å². The molecule has 0 heterocycles. The molecule has 0 unspecified atom stereocenters. The normalized spacial score (nSPS) is 10.2. The molecule has 3 heteroatoms. The summed E-state index contributed by atoms with van der Waals surface area (Å²) in [7, 11) is 1.86. The lowest BCUT2D eigenvalue weighted by Gasteiger charge is -2.16. The monoisotopic (exact) mass is 316 g/mol. The molecule has 0 saturated heterocycles. The van der Waals surface area contributed by atoms with E-state index in [0.29, 0.717) is 5.56 Å². The van der Waals surface area contributed by atoms with E-state index in [2.05, 4.69) is 28.8 Å². The lowest BCUT2D eigenvalue weighted by Crippen LogP contribution is -2.13. The highest BCUT2D eigenvalue weighted by atomic mass is 16.1. The maximum absolute atomic E-state index is 12.5. The Morgan fingerprint density at radius 3 is 2.08 bits per heavy atom. The number of carbonyl (C=O) groups is 1. The fourth-order valence-electron chi connectivity index (χ4n) is 2.80. The van der Waals surface area contributed by atoms with Crippen LogP contribution in [0.1, 0.15) is 15.9 Å². The number of benzene rings is 3. The van der Waals surface area contributed by atoms with Crippen molar-refractivity contribution in [1.82, 2.24) is 0 Å². The third kappa shape index (κ3) is 3.30. The molecule has 0 atom stereocenters. The number of rotatable bonds is 4. The number of nitrogens with one attached hydrogen (secondary N) is 2. The van der Waals surface area contributed by atoms with Gasteiger partial charge >= 0.3 is 0 Å². The Kier molecular flexibility index (Phi) is 4.62. The van der Waals surface area contributed by atoms with Gasteiger partial charge in [-0.25, -0.2) is 0 Å². The first kappa shape index (κ1) is 15.8. The predicted octanol–water partition coefficient (Wildman–Crippen LogP) is 4.96. The molecule has 0 radical (unpaired) electrons. The number of amides is 1. The summed E-state index contributed by atoms with van der Waals surface area (Å²) in [6.07, 6.45) is 0. The van der Waals surface area contributed by atoms with Gasteiger partial charge in [-0.3, -0.25) is 4.79 Å². The summed E-state index contributed by atoms with van der Waals surface area (Å²) in [5, 5.41) is 6.21. The van der Waals surface area contributed by atoms with Crippen LogP contribution < -0.4 is 10.6 Å². The molecular formula is C21H20N2O. The highest BCUT2D eigenvalue weighted by Gasteiger charge is 2.12. The van der Waals surface area contributed by atoms with Crippen molar-refractivity contribution in [2.45, 2.75) is 6.92 Å². The van der Waals surface area contributed by atoms with Crippen LogP contribution in [0, 0.1) is 6.92 Å². The molecule has 0 fully saturated rings. The smallest absolute Gasteiger partial charge is 0.255 e. The van der Waals surface area contributed by atoms with Gasteiger partial charge in [0.1, 0.15) is 0 Å². The summed E-state index contributed by atoms with van der Waals surface area (Å²) in [6, 6.07) is 23.5. The molecule has 0 aromatic heterocycles. The first-order valence-electron chi connectivity index (χ1n) is 7.93. The van der Waals surface area contributed by atoms with Gasteiger partial charge in [-0.1, -0.05) is 48.5 Å². The fourth-order valence-corrected chi connectivity index (χ4v) is 2.80. The van der Waals surface area contributed by atoms with Crippen LogP contribution in [0.15, 0.2) is 72.8 Å². The molecule has 0 aliphatic rings. The average Bonchev–Trinajstić information content (AvgIpc) is 2.63. The zero-order chi connectivity index (χ0) is 16.9. The Bertz CT molecular complexity index is 842. The van der Waals surface area contributed by atoms with Crippen LogP contribution in [0.5, 0.6) is 0 Å². The van der Waals surface area contributed by atoms with Crippen molar-refractivity contribution >= 4 is 17.3 Å². The van der Waals surface area contributed by atoms with Crippen LogP contribution >= 0.6 is 0 Å². The first-order valence-corrected chi connectivity index (χ1v) is 7.93. The molecule has 0 spiro atoms. The summed E-state index contributed by atoms with van der Waals surface area (Å²) in [5.74, 6) is -0.114. The van der Waals surface area contributed by atoms with Gasteiger partial charge in [0.25, 0.3) is 5.91 Å². The van der Waals surface area contributed by atoms with E-state index in [-0.39, 0.29) is 5.91 Å². The Morgan fingerprint density at radius 2 is 1.46 bits per heavy atom. The van der Waals surface area contributed by atoms with E-state index >= 15 is 0 Å². The zero-order valence-corrected chi connectivity index (χ0v) is 13.8. The van der Waals surface area contributed by atoms with E-state index in [1.165, 1.54) is 0 Å². The lowest BCUT2D eigenvalue weighted by atomic mass is 10.0. The number of carbonyl (C=O) groups excluding carboxylic acids is 1. The molecule has 0 aliphatic carbocycles. The molecule has 1 amide bonds. The average molecular weight is 316 g/mol.